The summed E-state index contributed by atoms with van der Waals surface area (Å²) >= 11 is 0. The Hall–Kier alpha value is -2.26. The minimum absolute atomic E-state index is 0.0816. The van der Waals surface area contributed by atoms with Gasteiger partial charge in [-0.3, -0.25) is 10.1 Å². The smallest absolute Gasteiger partial charge is 0.361 e. The van der Waals surface area contributed by atoms with Crippen LogP contribution in [-0.4, -0.2) is 21.5 Å². The van der Waals surface area contributed by atoms with Gasteiger partial charge in [-0.25, -0.2) is 0 Å². The van der Waals surface area contributed by atoms with Crippen molar-refractivity contribution in [3.8, 4) is 0 Å². The number of rotatable bonds is 1. The Labute approximate surface area is 85.4 Å². The predicted octanol–water partition coefficient (Wildman–Crippen LogP) is 1.38. The molecule has 0 aromatic heterocycles. The zero-order chi connectivity index (χ0) is 10.8. The van der Waals surface area contributed by atoms with Crippen LogP contribution in [0.4, 0.5) is 0 Å². The standard InChI is InChI=1S/C10H7N3O2/c11-12-10-8-4-2-1-3-7(8)5-6-9(10)13(14)15/h1-6,9H. The fourth-order valence-corrected chi connectivity index (χ4v) is 1.60. The van der Waals surface area contributed by atoms with E-state index in [0.29, 0.717) is 5.56 Å². The highest BCUT2D eigenvalue weighted by molar-refractivity contribution is 6.06. The molecular weight excluding hydrogens is 194 g/mol. The summed E-state index contributed by atoms with van der Waals surface area (Å²) in [7, 11) is 0. The van der Waals surface area contributed by atoms with Gasteiger partial charge in [-0.2, -0.15) is 4.79 Å². The lowest BCUT2D eigenvalue weighted by Gasteiger charge is -2.08. The van der Waals surface area contributed by atoms with Gasteiger partial charge < -0.3 is 5.53 Å². The van der Waals surface area contributed by atoms with Crippen molar-refractivity contribution >= 4 is 11.8 Å². The zero-order valence-corrected chi connectivity index (χ0v) is 7.70. The Morgan fingerprint density at radius 1 is 1.40 bits per heavy atom. The molecule has 5 nitrogen and oxygen atoms in total. The molecule has 0 saturated carbocycles. The Balaban J connectivity index is 2.61. The van der Waals surface area contributed by atoms with Crippen molar-refractivity contribution in [2.45, 2.75) is 6.04 Å². The molecule has 0 N–H and O–H groups in total. The summed E-state index contributed by atoms with van der Waals surface area (Å²) in [6, 6.07) is 6.02. The first-order chi connectivity index (χ1) is 7.24. The molecule has 0 saturated heterocycles. The second-order valence-corrected chi connectivity index (χ2v) is 3.16. The van der Waals surface area contributed by atoms with Gasteiger partial charge in [-0.1, -0.05) is 24.3 Å². The molecule has 0 radical (unpaired) electrons. The van der Waals surface area contributed by atoms with Gasteiger partial charge in [0.2, 0.25) is 0 Å². The summed E-state index contributed by atoms with van der Waals surface area (Å²) in [4.78, 5) is 13.2. The van der Waals surface area contributed by atoms with Crippen LogP contribution in [0.15, 0.2) is 30.3 Å². The third kappa shape index (κ3) is 1.45. The highest BCUT2D eigenvalue weighted by Crippen LogP contribution is 2.19. The lowest BCUT2D eigenvalue weighted by molar-refractivity contribution is -0.493. The van der Waals surface area contributed by atoms with Gasteiger partial charge in [0.1, 0.15) is 0 Å². The fourth-order valence-electron chi connectivity index (χ4n) is 1.60. The maximum Gasteiger partial charge on any atom is 0.377 e. The van der Waals surface area contributed by atoms with E-state index in [-0.39, 0.29) is 5.71 Å². The quantitative estimate of drug-likeness (QED) is 0.297. The molecular formula is C10H7N3O2. The Morgan fingerprint density at radius 3 is 2.80 bits per heavy atom. The van der Waals surface area contributed by atoms with Crippen LogP contribution in [0.3, 0.4) is 0 Å². The van der Waals surface area contributed by atoms with E-state index in [4.69, 9.17) is 5.53 Å². The van der Waals surface area contributed by atoms with Crippen molar-refractivity contribution < 1.29 is 9.71 Å². The van der Waals surface area contributed by atoms with Crippen molar-refractivity contribution in [1.29, 1.82) is 0 Å². The summed E-state index contributed by atoms with van der Waals surface area (Å²) in [5.74, 6) is 0. The van der Waals surface area contributed by atoms with Gasteiger partial charge in [0.15, 0.2) is 0 Å². The van der Waals surface area contributed by atoms with Gasteiger partial charge in [-0.15, -0.1) is 0 Å². The SMILES string of the molecule is [N-]=[N+]=C1c2ccccc2C=CC1[N+](=O)[O-]. The van der Waals surface area contributed by atoms with Gasteiger partial charge in [-0.05, 0) is 11.6 Å². The van der Waals surface area contributed by atoms with Crippen molar-refractivity contribution in [3.63, 3.8) is 0 Å². The van der Waals surface area contributed by atoms with Crippen molar-refractivity contribution in [2.75, 3.05) is 0 Å². The fraction of sp³-hybridized carbons (Fsp3) is 0.100. The number of hydrogen-bond acceptors (Lipinski definition) is 2. The maximum atomic E-state index is 10.7. The average Bonchev–Trinajstić information content (AvgIpc) is 2.27. The predicted molar refractivity (Wildman–Crippen MR) is 54.0 cm³/mol. The lowest BCUT2D eigenvalue weighted by Crippen LogP contribution is -2.31. The van der Waals surface area contributed by atoms with Gasteiger partial charge >= 0.3 is 11.8 Å². The molecule has 1 aromatic carbocycles. The van der Waals surface area contributed by atoms with E-state index >= 15 is 0 Å². The molecule has 0 amide bonds. The van der Waals surface area contributed by atoms with Crippen LogP contribution in [0.25, 0.3) is 11.6 Å². The van der Waals surface area contributed by atoms with Crippen LogP contribution in [-0.2, 0) is 0 Å². The molecule has 1 unspecified atom stereocenters. The Bertz CT molecular complexity index is 501. The largest absolute Gasteiger partial charge is 0.377 e. The van der Waals surface area contributed by atoms with Crippen molar-refractivity contribution in [2.24, 2.45) is 0 Å². The summed E-state index contributed by atoms with van der Waals surface area (Å²) in [5.41, 5.74) is 10.3. The van der Waals surface area contributed by atoms with Crippen LogP contribution in [0.1, 0.15) is 11.1 Å². The third-order valence-corrected chi connectivity index (χ3v) is 2.31. The molecule has 0 fully saturated rings. The maximum absolute atomic E-state index is 10.7. The molecule has 5 heteroatoms. The van der Waals surface area contributed by atoms with Crippen molar-refractivity contribution in [1.82, 2.24) is 0 Å². The van der Waals surface area contributed by atoms with Gasteiger partial charge in [0, 0.05) is 11.0 Å². The second-order valence-electron chi connectivity index (χ2n) is 3.16. The molecule has 0 heterocycles. The van der Waals surface area contributed by atoms with E-state index in [0.717, 1.165) is 5.56 Å². The molecule has 74 valence electrons. The first-order valence-corrected chi connectivity index (χ1v) is 4.37. The Morgan fingerprint density at radius 2 is 2.13 bits per heavy atom. The zero-order valence-electron chi connectivity index (χ0n) is 7.70. The average molecular weight is 201 g/mol. The highest BCUT2D eigenvalue weighted by atomic mass is 16.6. The van der Waals surface area contributed by atoms with Crippen LogP contribution in [0.2, 0.25) is 0 Å². The van der Waals surface area contributed by atoms with Crippen LogP contribution in [0.5, 0.6) is 0 Å². The molecule has 1 aliphatic rings. The van der Waals surface area contributed by atoms with E-state index in [1.165, 1.54) is 6.08 Å². The van der Waals surface area contributed by atoms with E-state index in [2.05, 4.69) is 4.79 Å². The molecule has 1 atom stereocenters. The molecule has 15 heavy (non-hydrogen) atoms. The highest BCUT2D eigenvalue weighted by Gasteiger charge is 2.37. The number of hydrogen-bond donors (Lipinski definition) is 0. The molecule has 1 aromatic rings. The summed E-state index contributed by atoms with van der Waals surface area (Å²) < 4.78 is 0. The number of nitro groups is 1. The number of nitrogens with zero attached hydrogens (tertiary/aromatic N) is 3. The number of fused-ring (bicyclic) bond motifs is 1. The third-order valence-electron chi connectivity index (χ3n) is 2.31. The Kier molecular flexibility index (Phi) is 2.15. The first kappa shape index (κ1) is 9.30. The van der Waals surface area contributed by atoms with E-state index in [1.54, 1.807) is 18.2 Å². The van der Waals surface area contributed by atoms with Crippen LogP contribution < -0.4 is 0 Å². The van der Waals surface area contributed by atoms with E-state index in [9.17, 15) is 10.1 Å². The molecule has 0 spiro atoms. The topological polar surface area (TPSA) is 79.5 Å². The van der Waals surface area contributed by atoms with E-state index in [1.807, 2.05) is 12.1 Å². The minimum Gasteiger partial charge on any atom is -0.361 e. The molecule has 0 bridgehead atoms. The summed E-state index contributed by atoms with van der Waals surface area (Å²) in [6.45, 7) is 0. The summed E-state index contributed by atoms with van der Waals surface area (Å²) in [6.07, 6.45) is 3.08. The van der Waals surface area contributed by atoms with Crippen molar-refractivity contribution in [3.05, 3.63) is 57.1 Å². The van der Waals surface area contributed by atoms with Crippen LogP contribution in [0, 0.1) is 10.1 Å². The van der Waals surface area contributed by atoms with Gasteiger partial charge in [0.25, 0.3) is 0 Å². The van der Waals surface area contributed by atoms with Crippen LogP contribution >= 0.6 is 0 Å². The lowest BCUT2D eigenvalue weighted by atomic mass is 9.93. The summed E-state index contributed by atoms with van der Waals surface area (Å²) in [5, 5.41) is 10.7. The molecule has 2 rings (SSSR count). The minimum atomic E-state index is -1.06. The second kappa shape index (κ2) is 3.48. The molecule has 1 aliphatic carbocycles. The normalized spacial score (nSPS) is 18.1. The van der Waals surface area contributed by atoms with Gasteiger partial charge in [0.05, 0.1) is 5.56 Å². The first-order valence-electron chi connectivity index (χ1n) is 4.37. The monoisotopic (exact) mass is 201 g/mol. The van der Waals surface area contributed by atoms with E-state index < -0.39 is 11.0 Å². The number of benzene rings is 1. The molecule has 0 aliphatic heterocycles.